The molecule has 0 aliphatic carbocycles. The van der Waals surface area contributed by atoms with E-state index in [-0.39, 0.29) is 0 Å². The molecule has 0 aliphatic rings. The molecule has 0 aromatic carbocycles. The molecular formula is C38H88N8O8+4. The van der Waals surface area contributed by atoms with Gasteiger partial charge in [0.15, 0.2) is 0 Å². The monoisotopic (exact) mass is 785 g/mol. The lowest BCUT2D eigenvalue weighted by atomic mass is 10.2. The molecule has 8 N–H and O–H groups in total. The van der Waals surface area contributed by atoms with Gasteiger partial charge < -0.3 is 59.8 Å². The minimum absolute atomic E-state index is 0.388. The first-order valence-corrected chi connectivity index (χ1v) is 20.3. The van der Waals surface area contributed by atoms with Crippen LogP contribution in [0.3, 0.4) is 0 Å². The first-order chi connectivity index (χ1) is 25.2. The van der Waals surface area contributed by atoms with Gasteiger partial charge in [-0.3, -0.25) is 0 Å². The number of rotatable bonds is 26. The Morgan fingerprint density at radius 2 is 0.630 bits per heavy atom. The number of primary amides is 4. The maximum atomic E-state index is 10.5. The molecule has 4 amide bonds. The highest BCUT2D eigenvalue weighted by Gasteiger charge is 2.25. The van der Waals surface area contributed by atoms with Crippen LogP contribution >= 0.6 is 0 Å². The van der Waals surface area contributed by atoms with Gasteiger partial charge in [-0.25, -0.2) is 19.2 Å². The van der Waals surface area contributed by atoms with Gasteiger partial charge in [0.25, 0.3) is 0 Å². The van der Waals surface area contributed by atoms with Gasteiger partial charge in [-0.05, 0) is 60.3 Å². The number of quaternary nitrogens is 4. The predicted molar refractivity (Wildman–Crippen MR) is 218 cm³/mol. The molecule has 0 spiro atoms. The first kappa shape index (κ1) is 57.6. The van der Waals surface area contributed by atoms with Crippen LogP contribution < -0.4 is 22.9 Å². The van der Waals surface area contributed by atoms with E-state index in [9.17, 15) is 19.2 Å². The summed E-state index contributed by atoms with van der Waals surface area (Å²) in [6, 6.07) is 0. The van der Waals surface area contributed by atoms with Crippen molar-refractivity contribution < 1.29 is 56.1 Å². The van der Waals surface area contributed by atoms with E-state index in [0.717, 1.165) is 116 Å². The summed E-state index contributed by atoms with van der Waals surface area (Å²) in [5.74, 6) is 0. The Morgan fingerprint density at radius 1 is 0.370 bits per heavy atom. The fraction of sp³-hybridized carbons (Fsp3) is 0.895. The molecule has 0 rings (SSSR count). The van der Waals surface area contributed by atoms with E-state index in [1.54, 1.807) is 0 Å². The van der Waals surface area contributed by atoms with E-state index < -0.39 is 24.4 Å². The van der Waals surface area contributed by atoms with Crippen molar-refractivity contribution in [1.29, 1.82) is 0 Å². The molecule has 0 aromatic heterocycles. The first-order valence-electron chi connectivity index (χ1n) is 20.3. The smallest absolute Gasteiger partial charge is 0.404 e. The summed E-state index contributed by atoms with van der Waals surface area (Å²) in [6.07, 6.45) is 3.20. The van der Waals surface area contributed by atoms with Crippen molar-refractivity contribution >= 4 is 24.4 Å². The maximum Gasteiger partial charge on any atom is 0.404 e. The molecule has 324 valence electrons. The quantitative estimate of drug-likeness (QED) is 0.0717. The number of amides is 4. The third kappa shape index (κ3) is 34.7. The number of carbonyl (C=O) groups excluding carboxylic acids is 4. The molecule has 0 fully saturated rings. The molecular weight excluding hydrogens is 696 g/mol. The molecule has 0 bridgehead atoms. The Hall–Kier alpha value is -3.08. The molecule has 54 heavy (non-hydrogen) atoms. The van der Waals surface area contributed by atoms with E-state index in [2.05, 4.69) is 67.1 Å². The van der Waals surface area contributed by atoms with Crippen LogP contribution in [0.25, 0.3) is 0 Å². The van der Waals surface area contributed by atoms with Gasteiger partial charge in [-0.1, -0.05) is 34.1 Å². The summed E-state index contributed by atoms with van der Waals surface area (Å²) in [7, 11) is 6.05. The molecule has 0 aromatic rings. The summed E-state index contributed by atoms with van der Waals surface area (Å²) >= 11 is 0. The van der Waals surface area contributed by atoms with Crippen molar-refractivity contribution in [3.05, 3.63) is 0 Å². The second-order valence-electron chi connectivity index (χ2n) is 14.7. The second kappa shape index (κ2) is 34.4. The Labute approximate surface area is 330 Å². The zero-order chi connectivity index (χ0) is 42.7. The Bertz CT molecular complexity index is 935. The number of ether oxygens (including phenoxy) is 4. The van der Waals surface area contributed by atoms with E-state index in [0.29, 0.717) is 26.4 Å². The van der Waals surface area contributed by atoms with Crippen molar-refractivity contribution in [1.82, 2.24) is 0 Å². The highest BCUT2D eigenvalue weighted by Crippen LogP contribution is 2.11. The average molecular weight is 785 g/mol. The largest absolute Gasteiger partial charge is 0.444 e. The van der Waals surface area contributed by atoms with E-state index in [1.807, 2.05) is 21.1 Å². The van der Waals surface area contributed by atoms with Gasteiger partial charge in [-0.15, -0.1) is 0 Å². The number of hydrogen-bond acceptors (Lipinski definition) is 8. The standard InChI is InChI=1S/C12H26N2O2.C11H24N2O2.C9H20N2O2.C6H14N2O2/c1-4-7-9-14(6-3,8-5-2)10-11-16-12(13)15;1-4-7-13(6-3,8-5-2)9-10-15-11(12)14;1-4-11(5-2,6-3)7-8-13-9(10)12;1-8(2,3)4-5-10-6(7)9/h4-11H2,1-3H3,(H-,13,15);4-10H2,1-3H3,(H-,12,14);4-8H2,1-3H3,(H-,10,12);4-5H2,1-3H3,(H-,7,9)/p+4. The fourth-order valence-corrected chi connectivity index (χ4v) is 6.12. The van der Waals surface area contributed by atoms with E-state index >= 15 is 0 Å². The van der Waals surface area contributed by atoms with Crippen molar-refractivity contribution in [2.75, 3.05) is 133 Å². The number of nitrogens with zero attached hydrogens (tertiary/aromatic N) is 4. The van der Waals surface area contributed by atoms with Crippen LogP contribution in [0.5, 0.6) is 0 Å². The SMILES string of the molecule is CCCC[N+](CC)(CCC)CCOC(N)=O.CCC[N+](CC)(CCC)CCOC(N)=O.CC[N+](CC)(CC)CCOC(N)=O.C[N+](C)(C)CCOC(N)=O. The predicted octanol–water partition coefficient (Wildman–Crippen LogP) is 4.61. The lowest BCUT2D eigenvalue weighted by Gasteiger charge is -2.37. The minimum atomic E-state index is -0.701. The molecule has 16 nitrogen and oxygen atoms in total. The van der Waals surface area contributed by atoms with Gasteiger partial charge in [-0.2, -0.15) is 0 Å². The summed E-state index contributed by atoms with van der Waals surface area (Å²) < 4.78 is 22.7. The van der Waals surface area contributed by atoms with Crippen LogP contribution in [0.2, 0.25) is 0 Å². The highest BCUT2D eigenvalue weighted by molar-refractivity contribution is 5.65. The molecule has 0 saturated heterocycles. The second-order valence-corrected chi connectivity index (χ2v) is 14.7. The summed E-state index contributed by atoms with van der Waals surface area (Å²) in [5, 5.41) is 0. The summed E-state index contributed by atoms with van der Waals surface area (Å²) in [6.45, 7) is 34.7. The minimum Gasteiger partial charge on any atom is -0.444 e. The summed E-state index contributed by atoms with van der Waals surface area (Å²) in [5.41, 5.74) is 19.5. The van der Waals surface area contributed by atoms with Crippen LogP contribution in [0, 0.1) is 0 Å². The van der Waals surface area contributed by atoms with Crippen LogP contribution in [-0.4, -0.2) is 175 Å². The summed E-state index contributed by atoms with van der Waals surface area (Å²) in [4.78, 5) is 41.4. The lowest BCUT2D eigenvalue weighted by Crippen LogP contribution is -2.51. The topological polar surface area (TPSA) is 209 Å². The van der Waals surface area contributed by atoms with E-state index in [4.69, 9.17) is 37.1 Å². The molecule has 16 heteroatoms. The van der Waals surface area contributed by atoms with Crippen LogP contribution in [0.1, 0.15) is 94.4 Å². The third-order valence-corrected chi connectivity index (χ3v) is 9.87. The van der Waals surface area contributed by atoms with Gasteiger partial charge in [0, 0.05) is 0 Å². The van der Waals surface area contributed by atoms with Gasteiger partial charge in [0.1, 0.15) is 52.6 Å². The zero-order valence-corrected chi connectivity index (χ0v) is 36.9. The van der Waals surface area contributed by atoms with Gasteiger partial charge in [0.2, 0.25) is 0 Å². The Kier molecular flexibility index (Phi) is 36.7. The number of carbonyl (C=O) groups is 4. The van der Waals surface area contributed by atoms with Crippen LogP contribution in [-0.2, 0) is 18.9 Å². The molecule has 0 saturated carbocycles. The van der Waals surface area contributed by atoms with Gasteiger partial charge >= 0.3 is 24.4 Å². The molecule has 1 atom stereocenters. The van der Waals surface area contributed by atoms with Crippen molar-refractivity contribution in [3.63, 3.8) is 0 Å². The Balaban J connectivity index is -0.000000313. The molecule has 0 radical (unpaired) electrons. The molecule has 0 heterocycles. The average Bonchev–Trinajstić information content (AvgIpc) is 3.09. The highest BCUT2D eigenvalue weighted by atomic mass is 16.6. The third-order valence-electron chi connectivity index (χ3n) is 9.87. The lowest BCUT2D eigenvalue weighted by molar-refractivity contribution is -0.926. The van der Waals surface area contributed by atoms with Gasteiger partial charge in [0.05, 0.1) is 80.0 Å². The molecule has 1 unspecified atom stereocenters. The van der Waals surface area contributed by atoms with Crippen molar-refractivity contribution in [3.8, 4) is 0 Å². The van der Waals surface area contributed by atoms with Crippen molar-refractivity contribution in [2.45, 2.75) is 94.4 Å². The number of unbranched alkanes of at least 4 members (excludes halogenated alkanes) is 1. The molecule has 0 aliphatic heterocycles. The number of likely N-dealkylation sites (N-methyl/N-ethyl adjacent to an activating group) is 4. The normalized spacial score (nSPS) is 12.2. The van der Waals surface area contributed by atoms with Crippen molar-refractivity contribution in [2.24, 2.45) is 22.9 Å². The Morgan fingerprint density at radius 3 is 0.852 bits per heavy atom. The number of nitrogens with two attached hydrogens (primary N) is 4. The zero-order valence-electron chi connectivity index (χ0n) is 36.9. The fourth-order valence-electron chi connectivity index (χ4n) is 6.12. The number of hydrogen-bond donors (Lipinski definition) is 4. The van der Waals surface area contributed by atoms with Crippen LogP contribution in [0.15, 0.2) is 0 Å². The maximum absolute atomic E-state index is 10.5. The van der Waals surface area contributed by atoms with E-state index in [1.165, 1.54) is 19.4 Å². The van der Waals surface area contributed by atoms with Crippen LogP contribution in [0.4, 0.5) is 19.2 Å².